The zero-order valence-electron chi connectivity index (χ0n) is 8.86. The first-order valence-electron chi connectivity index (χ1n) is 5.37. The highest BCUT2D eigenvalue weighted by atomic mass is 79.9. The van der Waals surface area contributed by atoms with Crippen LogP contribution in [-0.2, 0) is 0 Å². The third-order valence-corrected chi connectivity index (χ3v) is 3.08. The second-order valence-electron chi connectivity index (χ2n) is 3.82. The van der Waals surface area contributed by atoms with Gasteiger partial charge in [0.25, 0.3) is 0 Å². The smallest absolute Gasteiger partial charge is 0.153 e. The Morgan fingerprint density at radius 3 is 3.00 bits per heavy atom. The molecule has 0 saturated heterocycles. The molecule has 1 aliphatic carbocycles. The number of hydrogen-bond acceptors (Lipinski definition) is 2. The third kappa shape index (κ3) is 2.73. The maximum Gasteiger partial charge on any atom is 0.153 e. The summed E-state index contributed by atoms with van der Waals surface area (Å²) in [4.78, 5) is 10.9. The summed E-state index contributed by atoms with van der Waals surface area (Å²) in [5.41, 5.74) is 0.591. The fraction of sp³-hybridized carbons (Fsp3) is 0.308. The third-order valence-electron chi connectivity index (χ3n) is 2.59. The van der Waals surface area contributed by atoms with E-state index in [0.29, 0.717) is 11.3 Å². The number of carbonyl (C=O) groups excluding carboxylic acids is 1. The Morgan fingerprint density at radius 1 is 1.44 bits per heavy atom. The van der Waals surface area contributed by atoms with Gasteiger partial charge in [-0.2, -0.15) is 0 Å². The summed E-state index contributed by atoms with van der Waals surface area (Å²) in [5.74, 6) is 0.662. The van der Waals surface area contributed by atoms with E-state index in [1.54, 1.807) is 6.07 Å². The maximum atomic E-state index is 10.9. The van der Waals surface area contributed by atoms with E-state index in [9.17, 15) is 4.79 Å². The molecule has 0 N–H and O–H groups in total. The van der Waals surface area contributed by atoms with Crippen LogP contribution in [0.3, 0.4) is 0 Å². The molecule has 0 fully saturated rings. The van der Waals surface area contributed by atoms with Crippen LogP contribution in [-0.4, -0.2) is 12.4 Å². The number of hydrogen-bond donors (Lipinski definition) is 0. The molecule has 16 heavy (non-hydrogen) atoms. The highest BCUT2D eigenvalue weighted by Gasteiger charge is 2.12. The molecule has 0 bridgehead atoms. The molecule has 0 saturated carbocycles. The highest BCUT2D eigenvalue weighted by Crippen LogP contribution is 2.25. The number of benzene rings is 1. The average Bonchev–Trinajstić information content (AvgIpc) is 2.33. The van der Waals surface area contributed by atoms with Crippen molar-refractivity contribution in [2.45, 2.75) is 25.4 Å². The van der Waals surface area contributed by atoms with Crippen molar-refractivity contribution in [2.24, 2.45) is 0 Å². The van der Waals surface area contributed by atoms with Crippen molar-refractivity contribution < 1.29 is 9.53 Å². The van der Waals surface area contributed by atoms with Gasteiger partial charge in [0.05, 0.1) is 5.56 Å². The van der Waals surface area contributed by atoms with Gasteiger partial charge in [0.1, 0.15) is 11.9 Å². The van der Waals surface area contributed by atoms with Gasteiger partial charge in [-0.25, -0.2) is 0 Å². The normalized spacial score (nSPS) is 19.4. The van der Waals surface area contributed by atoms with Gasteiger partial charge < -0.3 is 4.74 Å². The Morgan fingerprint density at radius 2 is 2.31 bits per heavy atom. The van der Waals surface area contributed by atoms with Crippen LogP contribution in [0, 0.1) is 0 Å². The number of carbonyl (C=O) groups is 1. The Kier molecular flexibility index (Phi) is 3.78. The Hall–Kier alpha value is -1.09. The largest absolute Gasteiger partial charge is 0.486 e. The molecule has 0 spiro atoms. The van der Waals surface area contributed by atoms with Crippen molar-refractivity contribution in [1.29, 1.82) is 0 Å². The molecule has 0 aromatic heterocycles. The van der Waals surface area contributed by atoms with E-state index in [0.717, 1.165) is 30.0 Å². The van der Waals surface area contributed by atoms with Crippen molar-refractivity contribution >= 4 is 22.2 Å². The van der Waals surface area contributed by atoms with E-state index in [4.69, 9.17) is 4.74 Å². The van der Waals surface area contributed by atoms with Crippen molar-refractivity contribution in [3.05, 3.63) is 40.4 Å². The molecule has 0 aliphatic heterocycles. The first-order valence-corrected chi connectivity index (χ1v) is 6.17. The molecule has 84 valence electrons. The van der Waals surface area contributed by atoms with Gasteiger partial charge in [0, 0.05) is 4.47 Å². The predicted octanol–water partition coefficient (Wildman–Crippen LogP) is 3.75. The quantitative estimate of drug-likeness (QED) is 0.623. The summed E-state index contributed by atoms with van der Waals surface area (Å²) in [6, 6.07) is 5.49. The summed E-state index contributed by atoms with van der Waals surface area (Å²) in [6.45, 7) is 0. The molecule has 2 rings (SSSR count). The van der Waals surface area contributed by atoms with Gasteiger partial charge >= 0.3 is 0 Å². The fourth-order valence-electron chi connectivity index (χ4n) is 1.76. The van der Waals surface area contributed by atoms with Crippen LogP contribution in [0.1, 0.15) is 29.6 Å². The molecular weight excluding hydrogens is 268 g/mol. The number of allylic oxidation sites excluding steroid dienone is 1. The van der Waals surface area contributed by atoms with Crippen LogP contribution in [0.15, 0.2) is 34.8 Å². The minimum Gasteiger partial charge on any atom is -0.486 e. The molecule has 1 aromatic carbocycles. The fourth-order valence-corrected chi connectivity index (χ4v) is 2.14. The minimum atomic E-state index is 0.105. The standard InChI is InChI=1S/C13H13BrO2/c14-11-6-7-13(10(8-11)9-15)16-12-4-2-1-3-5-12/h2,4,6-9,12H,1,3,5H2. The van der Waals surface area contributed by atoms with Crippen molar-refractivity contribution in [2.75, 3.05) is 0 Å². The molecule has 0 heterocycles. The zero-order valence-corrected chi connectivity index (χ0v) is 10.4. The maximum absolute atomic E-state index is 10.9. The lowest BCUT2D eigenvalue weighted by Crippen LogP contribution is -2.16. The molecule has 2 nitrogen and oxygen atoms in total. The van der Waals surface area contributed by atoms with E-state index < -0.39 is 0 Å². The van der Waals surface area contributed by atoms with Crippen LogP contribution in [0.25, 0.3) is 0 Å². The Labute approximate surface area is 103 Å². The van der Waals surface area contributed by atoms with Crippen LogP contribution >= 0.6 is 15.9 Å². The topological polar surface area (TPSA) is 26.3 Å². The van der Waals surface area contributed by atoms with Gasteiger partial charge in [-0.3, -0.25) is 4.79 Å². The monoisotopic (exact) mass is 280 g/mol. The van der Waals surface area contributed by atoms with E-state index in [1.807, 2.05) is 12.1 Å². The molecule has 0 radical (unpaired) electrons. The molecule has 1 aliphatic rings. The number of ether oxygens (including phenoxy) is 1. The van der Waals surface area contributed by atoms with Gasteiger partial charge in [-0.05, 0) is 43.5 Å². The van der Waals surface area contributed by atoms with Crippen LogP contribution in [0.4, 0.5) is 0 Å². The lowest BCUT2D eigenvalue weighted by Gasteiger charge is -2.19. The second kappa shape index (κ2) is 5.30. The van der Waals surface area contributed by atoms with Crippen LogP contribution < -0.4 is 4.74 Å². The Bertz CT molecular complexity index is 412. The van der Waals surface area contributed by atoms with E-state index in [-0.39, 0.29) is 6.10 Å². The zero-order chi connectivity index (χ0) is 11.4. The van der Waals surface area contributed by atoms with Crippen molar-refractivity contribution in [3.63, 3.8) is 0 Å². The van der Waals surface area contributed by atoms with Gasteiger partial charge in [-0.15, -0.1) is 0 Å². The predicted molar refractivity (Wildman–Crippen MR) is 66.9 cm³/mol. The molecular formula is C13H13BrO2. The lowest BCUT2D eigenvalue weighted by atomic mass is 10.1. The lowest BCUT2D eigenvalue weighted by molar-refractivity contribution is 0.111. The minimum absolute atomic E-state index is 0.105. The first-order chi connectivity index (χ1) is 7.79. The summed E-state index contributed by atoms with van der Waals surface area (Å²) in [7, 11) is 0. The van der Waals surface area contributed by atoms with Crippen LogP contribution in [0.5, 0.6) is 5.75 Å². The number of aldehydes is 1. The second-order valence-corrected chi connectivity index (χ2v) is 4.73. The SMILES string of the molecule is O=Cc1cc(Br)ccc1OC1C=CCCC1. The summed E-state index contributed by atoms with van der Waals surface area (Å²) in [5, 5.41) is 0. The molecule has 0 amide bonds. The molecule has 1 atom stereocenters. The average molecular weight is 281 g/mol. The molecule has 1 aromatic rings. The van der Waals surface area contributed by atoms with E-state index in [2.05, 4.69) is 28.1 Å². The number of rotatable bonds is 3. The highest BCUT2D eigenvalue weighted by molar-refractivity contribution is 9.10. The first kappa shape index (κ1) is 11.4. The van der Waals surface area contributed by atoms with Gasteiger partial charge in [0.15, 0.2) is 6.29 Å². The van der Waals surface area contributed by atoms with E-state index in [1.165, 1.54) is 0 Å². The molecule has 1 unspecified atom stereocenters. The summed E-state index contributed by atoms with van der Waals surface area (Å²) in [6.07, 6.45) is 8.42. The van der Waals surface area contributed by atoms with Crippen molar-refractivity contribution in [3.8, 4) is 5.75 Å². The number of halogens is 1. The molecule has 3 heteroatoms. The van der Waals surface area contributed by atoms with Crippen molar-refractivity contribution in [1.82, 2.24) is 0 Å². The Balaban J connectivity index is 2.16. The summed E-state index contributed by atoms with van der Waals surface area (Å²) >= 11 is 3.33. The van der Waals surface area contributed by atoms with E-state index >= 15 is 0 Å². The summed E-state index contributed by atoms with van der Waals surface area (Å²) < 4.78 is 6.68. The van der Waals surface area contributed by atoms with Gasteiger partial charge in [0.2, 0.25) is 0 Å². The van der Waals surface area contributed by atoms with Crippen LogP contribution in [0.2, 0.25) is 0 Å². The van der Waals surface area contributed by atoms with Gasteiger partial charge in [-0.1, -0.05) is 22.0 Å².